The first-order valence-corrected chi connectivity index (χ1v) is 6.14. The fraction of sp³-hybridized carbons (Fsp3) is 0.462. The van der Waals surface area contributed by atoms with E-state index in [-0.39, 0.29) is 17.2 Å². The molecule has 0 radical (unpaired) electrons. The van der Waals surface area contributed by atoms with E-state index in [1.807, 2.05) is 13.8 Å². The van der Waals surface area contributed by atoms with Gasteiger partial charge in [0, 0.05) is 37.8 Å². The Morgan fingerprint density at radius 1 is 1.45 bits per heavy atom. The normalized spacial score (nSPS) is 11.1. The lowest BCUT2D eigenvalue weighted by molar-refractivity contribution is -0.384. The predicted octanol–water partition coefficient (Wildman–Crippen LogP) is 1.45. The van der Waals surface area contributed by atoms with E-state index in [1.165, 1.54) is 17.0 Å². The molecule has 7 nitrogen and oxygen atoms in total. The number of benzene rings is 1. The molecule has 0 heterocycles. The van der Waals surface area contributed by atoms with Gasteiger partial charge in [-0.3, -0.25) is 14.9 Å². The fourth-order valence-corrected chi connectivity index (χ4v) is 1.55. The van der Waals surface area contributed by atoms with Gasteiger partial charge in [0.25, 0.3) is 11.6 Å². The number of anilines is 1. The molecule has 0 atom stereocenters. The molecule has 0 bridgehead atoms. The molecule has 1 rings (SSSR count). The summed E-state index contributed by atoms with van der Waals surface area (Å²) in [6.45, 7) is 4.01. The third-order valence-electron chi connectivity index (χ3n) is 2.58. The van der Waals surface area contributed by atoms with Crippen molar-refractivity contribution in [2.75, 3.05) is 26.0 Å². The van der Waals surface area contributed by atoms with Crippen molar-refractivity contribution < 1.29 is 9.72 Å². The van der Waals surface area contributed by atoms with E-state index >= 15 is 0 Å². The van der Waals surface area contributed by atoms with Gasteiger partial charge in [-0.1, -0.05) is 0 Å². The average Bonchev–Trinajstić information content (AvgIpc) is 2.34. The summed E-state index contributed by atoms with van der Waals surface area (Å²) in [5, 5.41) is 14.0. The van der Waals surface area contributed by atoms with Gasteiger partial charge in [0.05, 0.1) is 4.92 Å². The van der Waals surface area contributed by atoms with E-state index in [4.69, 9.17) is 5.73 Å². The van der Waals surface area contributed by atoms with Crippen molar-refractivity contribution in [3.05, 3.63) is 33.9 Å². The summed E-state index contributed by atoms with van der Waals surface area (Å²) in [5.74, 6) is -0.279. The number of nitro benzene ring substituents is 1. The second-order valence-corrected chi connectivity index (χ2v) is 5.53. The van der Waals surface area contributed by atoms with Crippen LogP contribution < -0.4 is 11.1 Å². The van der Waals surface area contributed by atoms with Crippen LogP contribution >= 0.6 is 0 Å². The van der Waals surface area contributed by atoms with Crippen LogP contribution in [0.5, 0.6) is 0 Å². The highest BCUT2D eigenvalue weighted by Gasteiger charge is 2.20. The summed E-state index contributed by atoms with van der Waals surface area (Å²) in [6, 6.07) is 4.36. The van der Waals surface area contributed by atoms with Crippen LogP contribution in [-0.2, 0) is 0 Å². The van der Waals surface area contributed by atoms with Crippen LogP contribution in [0.2, 0.25) is 0 Å². The molecule has 0 spiro atoms. The Labute approximate surface area is 117 Å². The van der Waals surface area contributed by atoms with E-state index < -0.39 is 10.5 Å². The Balaban J connectivity index is 3.08. The van der Waals surface area contributed by atoms with Crippen LogP contribution in [0.3, 0.4) is 0 Å². The second kappa shape index (κ2) is 5.87. The number of carbonyl (C=O) groups is 1. The molecule has 0 saturated heterocycles. The highest BCUT2D eigenvalue weighted by atomic mass is 16.6. The smallest absolute Gasteiger partial charge is 0.293 e. The van der Waals surface area contributed by atoms with Crippen LogP contribution in [0.25, 0.3) is 0 Å². The lowest BCUT2D eigenvalue weighted by atomic mass is 10.1. The van der Waals surface area contributed by atoms with Gasteiger partial charge in [0.1, 0.15) is 5.69 Å². The van der Waals surface area contributed by atoms with Gasteiger partial charge in [0.15, 0.2) is 0 Å². The van der Waals surface area contributed by atoms with Crippen molar-refractivity contribution in [1.82, 2.24) is 4.90 Å². The quantitative estimate of drug-likeness (QED) is 0.627. The van der Waals surface area contributed by atoms with Crippen LogP contribution in [0.1, 0.15) is 24.2 Å². The Morgan fingerprint density at radius 2 is 2.05 bits per heavy atom. The van der Waals surface area contributed by atoms with Crippen molar-refractivity contribution in [1.29, 1.82) is 0 Å². The number of nitrogens with one attached hydrogen (secondary N) is 1. The molecule has 0 aliphatic rings. The number of rotatable bonds is 5. The molecular formula is C13H20N4O3. The molecule has 0 unspecified atom stereocenters. The monoisotopic (exact) mass is 280 g/mol. The summed E-state index contributed by atoms with van der Waals surface area (Å²) in [6.07, 6.45) is 0. The fourth-order valence-electron chi connectivity index (χ4n) is 1.55. The highest BCUT2D eigenvalue weighted by molar-refractivity contribution is 5.95. The molecule has 7 heteroatoms. The van der Waals surface area contributed by atoms with Gasteiger partial charge >= 0.3 is 0 Å². The lowest BCUT2D eigenvalue weighted by Crippen LogP contribution is -2.39. The second-order valence-electron chi connectivity index (χ2n) is 5.53. The first kappa shape index (κ1) is 15.9. The molecule has 0 aliphatic heterocycles. The van der Waals surface area contributed by atoms with Gasteiger partial charge < -0.3 is 16.0 Å². The standard InChI is InChI=1S/C13H20N4O3/c1-13(2,14)8-15-10-6-5-9(12(18)16(3)4)7-11(10)17(19)20/h5-7,15H,8,14H2,1-4H3. The Kier molecular flexibility index (Phi) is 4.67. The number of carbonyl (C=O) groups excluding carboxylic acids is 1. The molecule has 1 aromatic rings. The molecule has 1 amide bonds. The molecule has 20 heavy (non-hydrogen) atoms. The minimum atomic E-state index is -0.516. The summed E-state index contributed by atoms with van der Waals surface area (Å²) >= 11 is 0. The number of hydrogen-bond acceptors (Lipinski definition) is 5. The van der Waals surface area contributed by atoms with Crippen LogP contribution in [-0.4, -0.2) is 41.9 Å². The molecule has 110 valence electrons. The first-order valence-electron chi connectivity index (χ1n) is 6.14. The van der Waals surface area contributed by atoms with Gasteiger partial charge in [0.2, 0.25) is 0 Å². The van der Waals surface area contributed by atoms with Crippen LogP contribution in [0.4, 0.5) is 11.4 Å². The van der Waals surface area contributed by atoms with E-state index in [2.05, 4.69) is 5.32 Å². The molecule has 0 saturated carbocycles. The largest absolute Gasteiger partial charge is 0.378 e. The van der Waals surface area contributed by atoms with Gasteiger partial charge in [-0.2, -0.15) is 0 Å². The maximum atomic E-state index is 11.8. The van der Waals surface area contributed by atoms with Crippen molar-refractivity contribution in [2.45, 2.75) is 19.4 Å². The minimum Gasteiger partial charge on any atom is -0.378 e. The van der Waals surface area contributed by atoms with E-state index in [9.17, 15) is 14.9 Å². The molecule has 0 aromatic heterocycles. The number of nitrogens with zero attached hydrogens (tertiary/aromatic N) is 2. The summed E-state index contributed by atoms with van der Waals surface area (Å²) in [7, 11) is 3.19. The van der Waals surface area contributed by atoms with Crippen molar-refractivity contribution in [3.8, 4) is 0 Å². The van der Waals surface area contributed by atoms with Gasteiger partial charge in [-0.05, 0) is 26.0 Å². The van der Waals surface area contributed by atoms with Gasteiger partial charge in [-0.15, -0.1) is 0 Å². The number of nitro groups is 1. The minimum absolute atomic E-state index is 0.137. The predicted molar refractivity (Wildman–Crippen MR) is 77.9 cm³/mol. The van der Waals surface area contributed by atoms with Crippen LogP contribution in [0, 0.1) is 10.1 Å². The average molecular weight is 280 g/mol. The Morgan fingerprint density at radius 3 is 2.50 bits per heavy atom. The zero-order valence-corrected chi connectivity index (χ0v) is 12.1. The third-order valence-corrected chi connectivity index (χ3v) is 2.58. The number of amides is 1. The highest BCUT2D eigenvalue weighted by Crippen LogP contribution is 2.26. The van der Waals surface area contributed by atoms with E-state index in [1.54, 1.807) is 20.2 Å². The molecular weight excluding hydrogens is 260 g/mol. The maximum absolute atomic E-state index is 11.8. The Bertz CT molecular complexity index is 521. The third kappa shape index (κ3) is 4.20. The first-order chi connectivity index (χ1) is 9.11. The maximum Gasteiger partial charge on any atom is 0.293 e. The SMILES string of the molecule is CN(C)C(=O)c1ccc(NCC(C)(C)N)c([N+](=O)[O-])c1. The van der Waals surface area contributed by atoms with Crippen molar-refractivity contribution >= 4 is 17.3 Å². The zero-order chi connectivity index (χ0) is 15.5. The summed E-state index contributed by atoms with van der Waals surface area (Å²) < 4.78 is 0. The number of hydrogen-bond donors (Lipinski definition) is 2. The van der Waals surface area contributed by atoms with Crippen LogP contribution in [0.15, 0.2) is 18.2 Å². The molecule has 0 fully saturated rings. The lowest BCUT2D eigenvalue weighted by Gasteiger charge is -2.20. The zero-order valence-electron chi connectivity index (χ0n) is 12.1. The molecule has 1 aromatic carbocycles. The molecule has 3 N–H and O–H groups in total. The number of nitrogens with two attached hydrogens (primary N) is 1. The Hall–Kier alpha value is -2.15. The van der Waals surface area contributed by atoms with Gasteiger partial charge in [-0.25, -0.2) is 0 Å². The van der Waals surface area contributed by atoms with E-state index in [0.717, 1.165) is 0 Å². The topological polar surface area (TPSA) is 102 Å². The summed E-state index contributed by atoms with van der Waals surface area (Å²) in [5.41, 5.74) is 5.83. The summed E-state index contributed by atoms with van der Waals surface area (Å²) in [4.78, 5) is 23.8. The molecule has 0 aliphatic carbocycles. The van der Waals surface area contributed by atoms with E-state index in [0.29, 0.717) is 12.2 Å². The van der Waals surface area contributed by atoms with Crippen molar-refractivity contribution in [2.24, 2.45) is 5.73 Å². The van der Waals surface area contributed by atoms with Crippen molar-refractivity contribution in [3.63, 3.8) is 0 Å².